The Labute approximate surface area is 126 Å². The molecule has 0 spiro atoms. The molecule has 2 N–H and O–H groups in total. The smallest absolute Gasteiger partial charge is 0.330 e. The molecule has 0 amide bonds. The van der Waals surface area contributed by atoms with Crippen LogP contribution in [0.4, 0.5) is 5.95 Å². The third-order valence-corrected chi connectivity index (χ3v) is 2.84. The van der Waals surface area contributed by atoms with Gasteiger partial charge in [-0.1, -0.05) is 11.6 Å². The van der Waals surface area contributed by atoms with Gasteiger partial charge in [0.25, 0.3) is 0 Å². The van der Waals surface area contributed by atoms with Gasteiger partial charge in [-0.25, -0.2) is 14.5 Å². The van der Waals surface area contributed by atoms with Gasteiger partial charge in [0.15, 0.2) is 5.82 Å². The maximum Gasteiger partial charge on any atom is 0.330 e. The van der Waals surface area contributed by atoms with Gasteiger partial charge in [-0.05, 0) is 19.9 Å². The Bertz CT molecular complexity index is 676. The van der Waals surface area contributed by atoms with Crippen LogP contribution in [0.25, 0.3) is 11.9 Å². The molecule has 0 aliphatic heterocycles. The molecule has 21 heavy (non-hydrogen) atoms. The quantitative estimate of drug-likeness (QED) is 0.525. The lowest BCUT2D eigenvalue weighted by molar-refractivity contribution is -0.137. The van der Waals surface area contributed by atoms with Crippen molar-refractivity contribution in [2.45, 2.75) is 13.8 Å². The van der Waals surface area contributed by atoms with E-state index in [1.807, 2.05) is 6.92 Å². The van der Waals surface area contributed by atoms with Crippen LogP contribution in [0.1, 0.15) is 18.2 Å². The highest BCUT2D eigenvalue weighted by Crippen LogP contribution is 2.17. The van der Waals surface area contributed by atoms with Gasteiger partial charge in [-0.3, -0.25) is 0 Å². The van der Waals surface area contributed by atoms with Gasteiger partial charge < -0.3 is 10.5 Å². The topological polar surface area (TPSA) is 95.9 Å². The first-order chi connectivity index (χ1) is 10.0. The zero-order valence-electron chi connectivity index (χ0n) is 11.6. The average molecular weight is 308 g/mol. The molecule has 0 fully saturated rings. The molecular weight excluding hydrogens is 294 g/mol. The zero-order valence-corrected chi connectivity index (χ0v) is 12.3. The molecule has 2 rings (SSSR count). The number of nitrogen functional groups attached to an aromatic ring is 1. The number of anilines is 1. The fourth-order valence-electron chi connectivity index (χ4n) is 1.70. The van der Waals surface area contributed by atoms with Gasteiger partial charge >= 0.3 is 5.97 Å². The van der Waals surface area contributed by atoms with E-state index in [1.165, 1.54) is 6.08 Å². The van der Waals surface area contributed by atoms with E-state index in [0.717, 1.165) is 11.3 Å². The molecule has 0 bridgehead atoms. The summed E-state index contributed by atoms with van der Waals surface area (Å²) >= 11 is 5.85. The molecule has 0 aromatic carbocycles. The first-order valence-electron chi connectivity index (χ1n) is 6.21. The summed E-state index contributed by atoms with van der Waals surface area (Å²) in [6.07, 6.45) is 4.58. The lowest BCUT2D eigenvalue weighted by Gasteiger charge is -2.04. The summed E-state index contributed by atoms with van der Waals surface area (Å²) in [6, 6.07) is 1.55. The Morgan fingerprint density at radius 1 is 1.52 bits per heavy atom. The number of esters is 1. The van der Waals surface area contributed by atoms with Crippen molar-refractivity contribution >= 4 is 29.6 Å². The first-order valence-corrected chi connectivity index (χ1v) is 6.59. The van der Waals surface area contributed by atoms with Gasteiger partial charge in [-0.15, -0.1) is 0 Å². The van der Waals surface area contributed by atoms with E-state index in [1.54, 1.807) is 29.9 Å². The molecule has 2 aromatic rings. The lowest BCUT2D eigenvalue weighted by atomic mass is 10.2. The van der Waals surface area contributed by atoms with Crippen molar-refractivity contribution in [1.29, 1.82) is 0 Å². The molecule has 0 aliphatic rings. The lowest BCUT2D eigenvalue weighted by Crippen LogP contribution is -2.05. The van der Waals surface area contributed by atoms with E-state index >= 15 is 0 Å². The third kappa shape index (κ3) is 3.57. The minimum Gasteiger partial charge on any atom is -0.463 e. The van der Waals surface area contributed by atoms with Crippen molar-refractivity contribution < 1.29 is 9.53 Å². The molecule has 110 valence electrons. The van der Waals surface area contributed by atoms with Crippen LogP contribution in [0.2, 0.25) is 5.15 Å². The molecule has 8 heteroatoms. The highest BCUT2D eigenvalue weighted by atomic mass is 35.5. The highest BCUT2D eigenvalue weighted by Gasteiger charge is 2.09. The van der Waals surface area contributed by atoms with Crippen molar-refractivity contribution in [3.63, 3.8) is 0 Å². The zero-order chi connectivity index (χ0) is 15.4. The number of halogens is 1. The summed E-state index contributed by atoms with van der Waals surface area (Å²) in [6.45, 7) is 3.92. The van der Waals surface area contributed by atoms with Crippen LogP contribution < -0.4 is 5.73 Å². The van der Waals surface area contributed by atoms with Crippen LogP contribution in [0.15, 0.2) is 18.3 Å². The number of nitrogens with two attached hydrogens (primary N) is 1. The first kappa shape index (κ1) is 15.0. The van der Waals surface area contributed by atoms with E-state index in [-0.39, 0.29) is 11.1 Å². The van der Waals surface area contributed by atoms with Crippen molar-refractivity contribution in [2.75, 3.05) is 12.3 Å². The molecule has 0 saturated heterocycles. The average Bonchev–Trinajstić information content (AvgIpc) is 2.77. The molecule has 0 aliphatic carbocycles. The molecule has 0 atom stereocenters. The van der Waals surface area contributed by atoms with E-state index < -0.39 is 5.97 Å². The predicted octanol–water partition coefficient (Wildman–Crippen LogP) is 1.78. The molecular formula is C13H14ClN5O2. The summed E-state index contributed by atoms with van der Waals surface area (Å²) < 4.78 is 6.38. The Balaban J connectivity index is 2.30. The SMILES string of the molecule is CCOC(=O)/C=C/c1cnn(-c2cc(Cl)nc(N)n2)c1C. The molecule has 2 aromatic heterocycles. The number of hydrogen-bond acceptors (Lipinski definition) is 6. The van der Waals surface area contributed by atoms with E-state index in [9.17, 15) is 4.79 Å². The number of nitrogens with zero attached hydrogens (tertiary/aromatic N) is 4. The molecule has 2 heterocycles. The number of carbonyl (C=O) groups is 1. The summed E-state index contributed by atoms with van der Waals surface area (Å²) in [5.74, 6) is 0.121. The minimum absolute atomic E-state index is 0.0658. The van der Waals surface area contributed by atoms with E-state index in [0.29, 0.717) is 12.4 Å². The van der Waals surface area contributed by atoms with Crippen LogP contribution in [-0.2, 0) is 9.53 Å². The maximum atomic E-state index is 11.3. The normalized spacial score (nSPS) is 11.0. The second-order valence-electron chi connectivity index (χ2n) is 4.09. The summed E-state index contributed by atoms with van der Waals surface area (Å²) in [5, 5.41) is 4.43. The Hall–Kier alpha value is -2.41. The summed E-state index contributed by atoms with van der Waals surface area (Å²) in [4.78, 5) is 19.2. The van der Waals surface area contributed by atoms with Gasteiger partial charge in [0.1, 0.15) is 5.15 Å². The summed E-state index contributed by atoms with van der Waals surface area (Å²) in [5.41, 5.74) is 7.11. The number of carbonyl (C=O) groups excluding carboxylic acids is 1. The van der Waals surface area contributed by atoms with Crippen LogP contribution >= 0.6 is 11.6 Å². The van der Waals surface area contributed by atoms with Crippen LogP contribution in [-0.4, -0.2) is 32.3 Å². The molecule has 7 nitrogen and oxygen atoms in total. The monoisotopic (exact) mass is 307 g/mol. The Kier molecular flexibility index (Phi) is 4.54. The van der Waals surface area contributed by atoms with E-state index in [4.69, 9.17) is 22.1 Å². The van der Waals surface area contributed by atoms with Gasteiger partial charge in [0.05, 0.1) is 18.5 Å². The number of hydrogen-bond donors (Lipinski definition) is 1. The van der Waals surface area contributed by atoms with Crippen molar-refractivity contribution in [2.24, 2.45) is 0 Å². The minimum atomic E-state index is -0.404. The predicted molar refractivity (Wildman–Crippen MR) is 79.0 cm³/mol. The van der Waals surface area contributed by atoms with Crippen LogP contribution in [0.3, 0.4) is 0 Å². The second-order valence-corrected chi connectivity index (χ2v) is 4.48. The molecule has 0 saturated carbocycles. The van der Waals surface area contributed by atoms with Crippen molar-refractivity contribution in [3.05, 3.63) is 34.7 Å². The molecule has 0 unspecified atom stereocenters. The fourth-order valence-corrected chi connectivity index (χ4v) is 1.88. The van der Waals surface area contributed by atoms with Crippen molar-refractivity contribution in [1.82, 2.24) is 19.7 Å². The van der Waals surface area contributed by atoms with Crippen molar-refractivity contribution in [3.8, 4) is 5.82 Å². The second kappa shape index (κ2) is 6.36. The Morgan fingerprint density at radius 3 is 2.95 bits per heavy atom. The van der Waals surface area contributed by atoms with Gasteiger partial charge in [-0.2, -0.15) is 10.1 Å². The fraction of sp³-hybridized carbons (Fsp3) is 0.231. The summed E-state index contributed by atoms with van der Waals surface area (Å²) in [7, 11) is 0. The van der Waals surface area contributed by atoms with Gasteiger partial charge in [0.2, 0.25) is 5.95 Å². The largest absolute Gasteiger partial charge is 0.463 e. The van der Waals surface area contributed by atoms with Crippen LogP contribution in [0, 0.1) is 6.92 Å². The van der Waals surface area contributed by atoms with E-state index in [2.05, 4.69) is 15.1 Å². The Morgan fingerprint density at radius 2 is 2.29 bits per heavy atom. The number of rotatable bonds is 4. The number of aromatic nitrogens is 4. The van der Waals surface area contributed by atoms with Gasteiger partial charge in [0, 0.05) is 17.7 Å². The maximum absolute atomic E-state index is 11.3. The standard InChI is InChI=1S/C13H14ClN5O2/c1-3-21-12(20)5-4-9-7-16-19(8(9)2)11-6-10(14)17-13(15)18-11/h4-7H,3H2,1-2H3,(H2,15,17,18)/b5-4+. The van der Waals surface area contributed by atoms with Crippen LogP contribution in [0.5, 0.6) is 0 Å². The molecule has 0 radical (unpaired) electrons. The highest BCUT2D eigenvalue weighted by molar-refractivity contribution is 6.29. The third-order valence-electron chi connectivity index (χ3n) is 2.65. The number of ether oxygens (including phenoxy) is 1.